The fourth-order valence-corrected chi connectivity index (χ4v) is 4.83. The molecule has 5 heterocycles. The van der Waals surface area contributed by atoms with Gasteiger partial charge in [-0.05, 0) is 38.5 Å². The first-order valence-electron chi connectivity index (χ1n) is 10.6. The smallest absolute Gasteiger partial charge is 0.137 e. The summed E-state index contributed by atoms with van der Waals surface area (Å²) in [6.45, 7) is 5.36. The molecule has 1 atom stereocenters. The van der Waals surface area contributed by atoms with Crippen LogP contribution < -0.4 is 9.80 Å². The van der Waals surface area contributed by atoms with Gasteiger partial charge in [-0.1, -0.05) is 6.42 Å². The van der Waals surface area contributed by atoms with E-state index in [1.54, 1.807) is 6.33 Å². The van der Waals surface area contributed by atoms with Crippen molar-refractivity contribution in [1.82, 2.24) is 24.7 Å². The molecule has 2 fully saturated rings. The van der Waals surface area contributed by atoms with E-state index in [2.05, 4.69) is 40.6 Å². The number of nitrogens with zero attached hydrogens (tertiary/aromatic N) is 7. The number of fused-ring (bicyclic) bond motifs is 1. The molecule has 3 aliphatic heterocycles. The van der Waals surface area contributed by atoms with Crippen LogP contribution in [0.5, 0.6) is 0 Å². The molecular formula is C20H29N7. The van der Waals surface area contributed by atoms with Gasteiger partial charge in [-0.25, -0.2) is 9.97 Å². The van der Waals surface area contributed by atoms with Crippen LogP contribution in [-0.2, 0) is 13.0 Å². The molecule has 0 saturated carbocycles. The van der Waals surface area contributed by atoms with Gasteiger partial charge in [0.2, 0.25) is 0 Å². The van der Waals surface area contributed by atoms with Crippen LogP contribution in [0.3, 0.4) is 0 Å². The zero-order valence-electron chi connectivity index (χ0n) is 16.1. The van der Waals surface area contributed by atoms with E-state index < -0.39 is 0 Å². The molecule has 7 nitrogen and oxygen atoms in total. The molecule has 2 aromatic heterocycles. The van der Waals surface area contributed by atoms with Crippen LogP contribution in [0.2, 0.25) is 0 Å². The molecule has 5 rings (SSSR count). The van der Waals surface area contributed by atoms with Gasteiger partial charge in [0.15, 0.2) is 0 Å². The molecule has 2 aromatic rings. The lowest BCUT2D eigenvalue weighted by atomic mass is 9.97. The van der Waals surface area contributed by atoms with Crippen LogP contribution in [0.1, 0.15) is 62.5 Å². The minimum atomic E-state index is 0.448. The topological polar surface area (TPSA) is 63.0 Å². The van der Waals surface area contributed by atoms with Gasteiger partial charge in [-0.2, -0.15) is 0 Å². The SMILES string of the molecule is c1nc(N2CCCC2)cc(N2CCCC(c3nnc4n3CCCCC4)C2)n1. The summed E-state index contributed by atoms with van der Waals surface area (Å²) in [4.78, 5) is 13.9. The Hall–Kier alpha value is -2.18. The van der Waals surface area contributed by atoms with Crippen molar-refractivity contribution < 1.29 is 0 Å². The molecule has 0 spiro atoms. The van der Waals surface area contributed by atoms with Crippen LogP contribution in [0.4, 0.5) is 11.6 Å². The van der Waals surface area contributed by atoms with Gasteiger partial charge < -0.3 is 14.4 Å². The third-order valence-corrected chi connectivity index (χ3v) is 6.32. The fourth-order valence-electron chi connectivity index (χ4n) is 4.83. The number of anilines is 2. The monoisotopic (exact) mass is 367 g/mol. The lowest BCUT2D eigenvalue weighted by molar-refractivity contribution is 0.463. The largest absolute Gasteiger partial charge is 0.356 e. The van der Waals surface area contributed by atoms with E-state index in [0.29, 0.717) is 5.92 Å². The molecular weight excluding hydrogens is 338 g/mol. The Kier molecular flexibility index (Phi) is 4.67. The molecule has 0 aromatic carbocycles. The van der Waals surface area contributed by atoms with E-state index in [4.69, 9.17) is 0 Å². The summed E-state index contributed by atoms with van der Waals surface area (Å²) in [5.74, 6) is 4.98. The van der Waals surface area contributed by atoms with Gasteiger partial charge >= 0.3 is 0 Å². The number of rotatable bonds is 3. The first-order valence-corrected chi connectivity index (χ1v) is 10.6. The van der Waals surface area contributed by atoms with E-state index in [9.17, 15) is 0 Å². The highest BCUT2D eigenvalue weighted by Gasteiger charge is 2.28. The first kappa shape index (κ1) is 17.0. The number of aromatic nitrogens is 5. The molecule has 7 heteroatoms. The summed E-state index contributed by atoms with van der Waals surface area (Å²) >= 11 is 0. The van der Waals surface area contributed by atoms with Gasteiger partial charge in [0.05, 0.1) is 0 Å². The highest BCUT2D eigenvalue weighted by atomic mass is 15.3. The van der Waals surface area contributed by atoms with Gasteiger partial charge in [0, 0.05) is 51.1 Å². The third-order valence-electron chi connectivity index (χ3n) is 6.32. The molecule has 0 bridgehead atoms. The van der Waals surface area contributed by atoms with Crippen LogP contribution >= 0.6 is 0 Å². The second-order valence-electron chi connectivity index (χ2n) is 8.15. The van der Waals surface area contributed by atoms with E-state index in [0.717, 1.165) is 50.8 Å². The van der Waals surface area contributed by atoms with Crippen molar-refractivity contribution >= 4 is 11.6 Å². The average Bonchev–Trinajstić information content (AvgIpc) is 3.34. The maximum absolute atomic E-state index is 4.62. The predicted octanol–water partition coefficient (Wildman–Crippen LogP) is 2.78. The summed E-state index contributed by atoms with van der Waals surface area (Å²) in [5, 5.41) is 9.14. The quantitative estimate of drug-likeness (QED) is 0.831. The highest BCUT2D eigenvalue weighted by molar-refractivity contribution is 5.51. The molecule has 1 unspecified atom stereocenters. The molecule has 0 radical (unpaired) electrons. The molecule has 144 valence electrons. The van der Waals surface area contributed by atoms with Crippen LogP contribution in [0, 0.1) is 0 Å². The van der Waals surface area contributed by atoms with Crippen molar-refractivity contribution in [3.05, 3.63) is 24.0 Å². The van der Waals surface area contributed by atoms with E-state index in [1.807, 2.05) is 0 Å². The molecule has 0 amide bonds. The fraction of sp³-hybridized carbons (Fsp3) is 0.700. The number of aryl methyl sites for hydroxylation is 1. The lowest BCUT2D eigenvalue weighted by Crippen LogP contribution is -2.36. The third kappa shape index (κ3) is 3.39. The number of hydrogen-bond acceptors (Lipinski definition) is 6. The number of piperidine rings is 1. The molecule has 0 N–H and O–H groups in total. The predicted molar refractivity (Wildman–Crippen MR) is 105 cm³/mol. The lowest BCUT2D eigenvalue weighted by Gasteiger charge is -2.33. The maximum Gasteiger partial charge on any atom is 0.137 e. The van der Waals surface area contributed by atoms with Crippen LogP contribution in [-0.4, -0.2) is 50.9 Å². The van der Waals surface area contributed by atoms with Gasteiger partial charge in [0.1, 0.15) is 29.6 Å². The molecule has 3 aliphatic rings. The van der Waals surface area contributed by atoms with Crippen molar-refractivity contribution in [2.45, 2.75) is 63.8 Å². The minimum absolute atomic E-state index is 0.448. The van der Waals surface area contributed by atoms with Crippen molar-refractivity contribution in [3.8, 4) is 0 Å². The summed E-state index contributed by atoms with van der Waals surface area (Å²) in [6.07, 6.45) is 11.5. The maximum atomic E-state index is 4.62. The average molecular weight is 368 g/mol. The normalized spacial score (nSPS) is 23.3. The van der Waals surface area contributed by atoms with Crippen molar-refractivity contribution in [2.75, 3.05) is 36.0 Å². The Bertz CT molecular complexity index is 780. The Balaban J connectivity index is 1.36. The standard InChI is InChI=1S/C20H29N7/c1-2-8-17-23-24-20(27(17)12-3-1)16-7-6-11-26(14-16)19-13-18(21-15-22-19)25-9-4-5-10-25/h13,15-16H,1-12,14H2. The van der Waals surface area contributed by atoms with Gasteiger partial charge in [-0.3, -0.25) is 0 Å². The van der Waals surface area contributed by atoms with Crippen molar-refractivity contribution in [1.29, 1.82) is 0 Å². The Labute approximate surface area is 160 Å². The Morgan fingerprint density at radius 1 is 0.778 bits per heavy atom. The molecule has 27 heavy (non-hydrogen) atoms. The van der Waals surface area contributed by atoms with Crippen molar-refractivity contribution in [3.63, 3.8) is 0 Å². The van der Waals surface area contributed by atoms with Crippen LogP contribution in [0.15, 0.2) is 12.4 Å². The van der Waals surface area contributed by atoms with Gasteiger partial charge in [0.25, 0.3) is 0 Å². The minimum Gasteiger partial charge on any atom is -0.356 e. The summed E-state index contributed by atoms with van der Waals surface area (Å²) < 4.78 is 2.41. The number of hydrogen-bond donors (Lipinski definition) is 0. The van der Waals surface area contributed by atoms with E-state index in [1.165, 1.54) is 56.6 Å². The zero-order chi connectivity index (χ0) is 18.1. The van der Waals surface area contributed by atoms with E-state index >= 15 is 0 Å². The second kappa shape index (κ2) is 7.44. The summed E-state index contributed by atoms with van der Waals surface area (Å²) in [6, 6.07) is 2.18. The summed E-state index contributed by atoms with van der Waals surface area (Å²) in [7, 11) is 0. The van der Waals surface area contributed by atoms with E-state index in [-0.39, 0.29) is 0 Å². The highest BCUT2D eigenvalue weighted by Crippen LogP contribution is 2.31. The first-order chi connectivity index (χ1) is 13.4. The summed E-state index contributed by atoms with van der Waals surface area (Å²) in [5.41, 5.74) is 0. The zero-order valence-corrected chi connectivity index (χ0v) is 16.1. The Morgan fingerprint density at radius 3 is 2.44 bits per heavy atom. The molecule has 0 aliphatic carbocycles. The Morgan fingerprint density at radius 2 is 1.56 bits per heavy atom. The van der Waals surface area contributed by atoms with Crippen LogP contribution in [0.25, 0.3) is 0 Å². The second-order valence-corrected chi connectivity index (χ2v) is 8.15. The molecule has 2 saturated heterocycles. The van der Waals surface area contributed by atoms with Crippen molar-refractivity contribution in [2.24, 2.45) is 0 Å². The van der Waals surface area contributed by atoms with Gasteiger partial charge in [-0.15, -0.1) is 10.2 Å².